The molecule has 0 spiro atoms. The second kappa shape index (κ2) is 9.60. The van der Waals surface area contributed by atoms with Gasteiger partial charge in [-0.15, -0.1) is 10.2 Å². The molecule has 0 unspecified atom stereocenters. The predicted octanol–water partition coefficient (Wildman–Crippen LogP) is 4.09. The van der Waals surface area contributed by atoms with Crippen molar-refractivity contribution in [2.24, 2.45) is 5.92 Å². The number of anilines is 1. The van der Waals surface area contributed by atoms with E-state index in [1.807, 2.05) is 6.20 Å². The summed E-state index contributed by atoms with van der Waals surface area (Å²) in [6.45, 7) is 5.31. The van der Waals surface area contributed by atoms with Gasteiger partial charge >= 0.3 is 0 Å². The molecular formula is C23H29N5O2S. The summed E-state index contributed by atoms with van der Waals surface area (Å²) in [5, 5.41) is 13.8. The van der Waals surface area contributed by atoms with Gasteiger partial charge in [-0.3, -0.25) is 9.59 Å². The van der Waals surface area contributed by atoms with E-state index in [1.54, 1.807) is 4.90 Å². The molecule has 164 valence electrons. The Hall–Kier alpha value is -2.74. The van der Waals surface area contributed by atoms with Crippen molar-refractivity contribution in [2.45, 2.75) is 52.4 Å². The summed E-state index contributed by atoms with van der Waals surface area (Å²) in [5.74, 6) is -0.450. The van der Waals surface area contributed by atoms with E-state index in [9.17, 15) is 9.59 Å². The van der Waals surface area contributed by atoms with Crippen LogP contribution >= 0.6 is 11.3 Å². The van der Waals surface area contributed by atoms with Crippen LogP contribution in [0.5, 0.6) is 0 Å². The molecule has 7 nitrogen and oxygen atoms in total. The Kier molecular flexibility index (Phi) is 6.65. The summed E-state index contributed by atoms with van der Waals surface area (Å²) in [6, 6.07) is 6.34. The first kappa shape index (κ1) is 21.5. The summed E-state index contributed by atoms with van der Waals surface area (Å²) in [6.07, 6.45) is 7.34. The molecule has 2 amide bonds. The van der Waals surface area contributed by atoms with Gasteiger partial charge in [0.1, 0.15) is 5.01 Å². The number of aryl methyl sites for hydroxylation is 2. The first-order valence-electron chi connectivity index (χ1n) is 11.0. The number of carbonyl (C=O) groups is 2. The van der Waals surface area contributed by atoms with E-state index in [0.29, 0.717) is 18.2 Å². The Bertz CT molecular complexity index is 1070. The average Bonchev–Trinajstić information content (AvgIpc) is 3.45. The number of hydrogen-bond acceptors (Lipinski definition) is 5. The number of H-pyrrole nitrogens is 1. The van der Waals surface area contributed by atoms with Crippen LogP contribution in [-0.2, 0) is 22.4 Å². The molecule has 0 aliphatic carbocycles. The number of hydrogen-bond donors (Lipinski definition) is 2. The van der Waals surface area contributed by atoms with Crippen LogP contribution in [0.15, 0.2) is 24.4 Å². The topological polar surface area (TPSA) is 91.0 Å². The van der Waals surface area contributed by atoms with Crippen molar-refractivity contribution in [3.05, 3.63) is 40.5 Å². The number of amides is 2. The normalized spacial score (nSPS) is 16.4. The number of rotatable bonds is 9. The molecule has 1 fully saturated rings. The highest BCUT2D eigenvalue weighted by Gasteiger charge is 2.34. The third kappa shape index (κ3) is 5.12. The van der Waals surface area contributed by atoms with Crippen LogP contribution in [0.1, 0.15) is 48.7 Å². The van der Waals surface area contributed by atoms with E-state index in [1.165, 1.54) is 34.3 Å². The standard InChI is InChI=1S/C23H29N5O2S/c1-3-4-5-6-20-26-27-23(31-20)25-22(30)17-12-21(29)28(14-17)10-9-16-13-24-19-8-7-15(2)11-18(16)19/h7-8,11,13,17,24H,3-6,9-10,12,14H2,1-2H3,(H,25,27,30)/t17-/m0/s1. The molecule has 1 aliphatic heterocycles. The Morgan fingerprint density at radius 3 is 3.00 bits per heavy atom. The van der Waals surface area contributed by atoms with Crippen LogP contribution in [0.4, 0.5) is 5.13 Å². The van der Waals surface area contributed by atoms with Crippen molar-refractivity contribution >= 4 is 39.2 Å². The second-order valence-electron chi connectivity index (χ2n) is 8.30. The van der Waals surface area contributed by atoms with Crippen molar-refractivity contribution in [2.75, 3.05) is 18.4 Å². The minimum atomic E-state index is -0.342. The van der Waals surface area contributed by atoms with E-state index in [0.717, 1.165) is 36.2 Å². The Morgan fingerprint density at radius 1 is 1.29 bits per heavy atom. The fraction of sp³-hybridized carbons (Fsp3) is 0.478. The van der Waals surface area contributed by atoms with Gasteiger partial charge in [0.2, 0.25) is 16.9 Å². The Labute approximate surface area is 186 Å². The lowest BCUT2D eigenvalue weighted by atomic mass is 10.1. The predicted molar refractivity (Wildman–Crippen MR) is 123 cm³/mol. The maximum Gasteiger partial charge on any atom is 0.231 e. The molecule has 4 rings (SSSR count). The highest BCUT2D eigenvalue weighted by molar-refractivity contribution is 7.15. The van der Waals surface area contributed by atoms with Crippen LogP contribution in [-0.4, -0.2) is 45.0 Å². The van der Waals surface area contributed by atoms with E-state index in [2.05, 4.69) is 52.5 Å². The molecule has 0 radical (unpaired) electrons. The van der Waals surface area contributed by atoms with Gasteiger partial charge in [-0.05, 0) is 37.5 Å². The zero-order valence-electron chi connectivity index (χ0n) is 18.1. The summed E-state index contributed by atoms with van der Waals surface area (Å²) < 4.78 is 0. The first-order valence-corrected chi connectivity index (χ1v) is 11.8. The van der Waals surface area contributed by atoms with Gasteiger partial charge in [0.15, 0.2) is 0 Å². The third-order valence-electron chi connectivity index (χ3n) is 5.85. The zero-order valence-corrected chi connectivity index (χ0v) is 18.9. The largest absolute Gasteiger partial charge is 0.361 e. The number of unbranched alkanes of at least 4 members (excludes halogenated alkanes) is 2. The highest BCUT2D eigenvalue weighted by Crippen LogP contribution is 2.24. The van der Waals surface area contributed by atoms with E-state index in [-0.39, 0.29) is 24.2 Å². The van der Waals surface area contributed by atoms with Crippen molar-refractivity contribution in [1.29, 1.82) is 0 Å². The lowest BCUT2D eigenvalue weighted by Gasteiger charge is -2.16. The molecule has 1 aromatic carbocycles. The smallest absolute Gasteiger partial charge is 0.231 e. The van der Waals surface area contributed by atoms with Gasteiger partial charge < -0.3 is 15.2 Å². The number of aromatic amines is 1. The summed E-state index contributed by atoms with van der Waals surface area (Å²) in [4.78, 5) is 30.2. The van der Waals surface area contributed by atoms with Crippen molar-refractivity contribution in [1.82, 2.24) is 20.1 Å². The fourth-order valence-corrected chi connectivity index (χ4v) is 4.84. The van der Waals surface area contributed by atoms with Gasteiger partial charge in [0, 0.05) is 43.0 Å². The minimum Gasteiger partial charge on any atom is -0.361 e. The van der Waals surface area contributed by atoms with Gasteiger partial charge in [-0.2, -0.15) is 0 Å². The van der Waals surface area contributed by atoms with Crippen LogP contribution < -0.4 is 5.32 Å². The van der Waals surface area contributed by atoms with Crippen LogP contribution in [0.2, 0.25) is 0 Å². The summed E-state index contributed by atoms with van der Waals surface area (Å²) in [7, 11) is 0. The third-order valence-corrected chi connectivity index (χ3v) is 6.75. The maximum atomic E-state index is 12.7. The molecule has 1 atom stereocenters. The van der Waals surface area contributed by atoms with E-state index < -0.39 is 0 Å². The van der Waals surface area contributed by atoms with Gasteiger partial charge in [-0.1, -0.05) is 42.7 Å². The van der Waals surface area contributed by atoms with Crippen LogP contribution in [0.3, 0.4) is 0 Å². The molecule has 1 aliphatic rings. The van der Waals surface area contributed by atoms with Gasteiger partial charge in [-0.25, -0.2) is 0 Å². The zero-order chi connectivity index (χ0) is 21.8. The van der Waals surface area contributed by atoms with Crippen molar-refractivity contribution in [3.8, 4) is 0 Å². The van der Waals surface area contributed by atoms with Gasteiger partial charge in [0.05, 0.1) is 5.92 Å². The van der Waals surface area contributed by atoms with Gasteiger partial charge in [0.25, 0.3) is 0 Å². The molecule has 1 saturated heterocycles. The molecule has 2 N–H and O–H groups in total. The lowest BCUT2D eigenvalue weighted by Crippen LogP contribution is -2.30. The maximum absolute atomic E-state index is 12.7. The van der Waals surface area contributed by atoms with E-state index >= 15 is 0 Å². The minimum absolute atomic E-state index is 0.0358. The Morgan fingerprint density at radius 2 is 2.16 bits per heavy atom. The summed E-state index contributed by atoms with van der Waals surface area (Å²) >= 11 is 1.43. The molecule has 8 heteroatoms. The molecular weight excluding hydrogens is 410 g/mol. The number of nitrogens with zero attached hydrogens (tertiary/aromatic N) is 3. The van der Waals surface area contributed by atoms with Crippen molar-refractivity contribution < 1.29 is 9.59 Å². The molecule has 3 aromatic rings. The Balaban J connectivity index is 1.30. The summed E-state index contributed by atoms with van der Waals surface area (Å²) in [5.41, 5.74) is 3.52. The average molecular weight is 440 g/mol. The molecule has 0 saturated carbocycles. The molecule has 31 heavy (non-hydrogen) atoms. The number of nitrogens with one attached hydrogen (secondary N) is 2. The number of fused-ring (bicyclic) bond motifs is 1. The van der Waals surface area contributed by atoms with Crippen LogP contribution in [0, 0.1) is 12.8 Å². The lowest BCUT2D eigenvalue weighted by molar-refractivity contribution is -0.128. The monoisotopic (exact) mass is 439 g/mol. The fourth-order valence-electron chi connectivity index (χ4n) is 4.06. The van der Waals surface area contributed by atoms with E-state index in [4.69, 9.17) is 0 Å². The SMILES string of the molecule is CCCCCc1nnc(NC(=O)[C@H]2CC(=O)N(CCc3c[nH]c4ccc(C)cc34)C2)s1. The first-order chi connectivity index (χ1) is 15.0. The number of benzene rings is 1. The quantitative estimate of drug-likeness (QED) is 0.491. The van der Waals surface area contributed by atoms with Crippen LogP contribution in [0.25, 0.3) is 10.9 Å². The number of carbonyl (C=O) groups excluding carboxylic acids is 2. The van der Waals surface area contributed by atoms with Crippen molar-refractivity contribution in [3.63, 3.8) is 0 Å². The second-order valence-corrected chi connectivity index (χ2v) is 9.36. The number of likely N-dealkylation sites (tertiary alicyclic amines) is 1. The molecule has 0 bridgehead atoms. The number of aromatic nitrogens is 3. The highest BCUT2D eigenvalue weighted by atomic mass is 32.1. The molecule has 3 heterocycles. The molecule has 2 aromatic heterocycles.